The van der Waals surface area contributed by atoms with E-state index in [4.69, 9.17) is 21.4 Å². The summed E-state index contributed by atoms with van der Waals surface area (Å²) in [5.41, 5.74) is -0.271. The molecule has 0 bridgehead atoms. The van der Waals surface area contributed by atoms with Crippen LogP contribution in [0.15, 0.2) is 36.7 Å². The second kappa shape index (κ2) is 7.19. The number of aromatic hydroxyl groups is 1. The number of fused-ring (bicyclic) bond motifs is 1. The molecule has 0 aromatic carbocycles. The SMILES string of the molecule is O=C(O)CNC(=O)c1nc(Cl)c2nc(Oc3cccnc3)ccc2c1O. The second-order valence-corrected chi connectivity index (χ2v) is 5.37. The third kappa shape index (κ3) is 3.62. The summed E-state index contributed by atoms with van der Waals surface area (Å²) < 4.78 is 5.54. The van der Waals surface area contributed by atoms with Gasteiger partial charge in [-0.25, -0.2) is 9.97 Å². The van der Waals surface area contributed by atoms with Crippen molar-refractivity contribution in [3.8, 4) is 17.4 Å². The molecule has 0 aliphatic heterocycles. The lowest BCUT2D eigenvalue weighted by molar-refractivity contribution is -0.135. The molecular weight excluding hydrogens is 364 g/mol. The zero-order valence-electron chi connectivity index (χ0n) is 13.0. The van der Waals surface area contributed by atoms with Gasteiger partial charge in [0.25, 0.3) is 5.91 Å². The minimum Gasteiger partial charge on any atom is -0.505 e. The summed E-state index contributed by atoms with van der Waals surface area (Å²) in [5, 5.41) is 21.0. The lowest BCUT2D eigenvalue weighted by atomic mass is 10.2. The van der Waals surface area contributed by atoms with Crippen molar-refractivity contribution in [2.24, 2.45) is 0 Å². The van der Waals surface area contributed by atoms with E-state index in [1.54, 1.807) is 18.3 Å². The molecule has 10 heteroatoms. The number of ether oxygens (including phenoxy) is 1. The molecule has 0 atom stereocenters. The van der Waals surface area contributed by atoms with Crippen LogP contribution in [0, 0.1) is 0 Å². The quantitative estimate of drug-likeness (QED) is 0.577. The van der Waals surface area contributed by atoms with E-state index in [0.29, 0.717) is 5.75 Å². The van der Waals surface area contributed by atoms with Crippen LogP contribution in [0.5, 0.6) is 17.4 Å². The highest BCUT2D eigenvalue weighted by molar-refractivity contribution is 6.34. The van der Waals surface area contributed by atoms with Crippen LogP contribution in [0.2, 0.25) is 5.15 Å². The van der Waals surface area contributed by atoms with Gasteiger partial charge in [-0.05, 0) is 18.2 Å². The van der Waals surface area contributed by atoms with E-state index in [9.17, 15) is 14.7 Å². The summed E-state index contributed by atoms with van der Waals surface area (Å²) in [4.78, 5) is 34.4. The first-order chi connectivity index (χ1) is 12.5. The number of carboxylic acids is 1. The van der Waals surface area contributed by atoms with Gasteiger partial charge in [0.15, 0.2) is 16.6 Å². The lowest BCUT2D eigenvalue weighted by Gasteiger charge is -2.10. The maximum Gasteiger partial charge on any atom is 0.322 e. The van der Waals surface area contributed by atoms with Crippen molar-refractivity contribution < 1.29 is 24.5 Å². The standard InChI is InChI=1S/C16H11ClN4O5/c17-15-12-9(14(24)13(21-15)16(25)19-7-11(22)23)3-4-10(20-12)26-8-2-1-5-18-6-8/h1-6,24H,7H2,(H,19,25)(H,22,23). The molecule has 132 valence electrons. The van der Waals surface area contributed by atoms with E-state index < -0.39 is 29.9 Å². The van der Waals surface area contributed by atoms with E-state index in [0.717, 1.165) is 0 Å². The molecule has 0 saturated carbocycles. The topological polar surface area (TPSA) is 135 Å². The van der Waals surface area contributed by atoms with Crippen LogP contribution in [0.4, 0.5) is 0 Å². The minimum atomic E-state index is -1.23. The highest BCUT2D eigenvalue weighted by Gasteiger charge is 2.20. The molecule has 0 saturated heterocycles. The Hall–Kier alpha value is -3.46. The van der Waals surface area contributed by atoms with Crippen molar-refractivity contribution >= 4 is 34.4 Å². The number of aromatic nitrogens is 3. The number of carbonyl (C=O) groups is 2. The molecule has 0 fully saturated rings. The molecule has 3 N–H and O–H groups in total. The van der Waals surface area contributed by atoms with E-state index in [1.807, 2.05) is 0 Å². The van der Waals surface area contributed by atoms with Gasteiger partial charge in [-0.3, -0.25) is 14.6 Å². The summed E-state index contributed by atoms with van der Waals surface area (Å²) in [6, 6.07) is 6.32. The summed E-state index contributed by atoms with van der Waals surface area (Å²) in [6.07, 6.45) is 3.09. The van der Waals surface area contributed by atoms with Gasteiger partial charge in [0.2, 0.25) is 5.88 Å². The fourth-order valence-corrected chi connectivity index (χ4v) is 2.33. The molecule has 3 rings (SSSR count). The van der Waals surface area contributed by atoms with Crippen LogP contribution in [0.25, 0.3) is 10.9 Å². The van der Waals surface area contributed by atoms with Crippen molar-refractivity contribution in [3.63, 3.8) is 0 Å². The van der Waals surface area contributed by atoms with Crippen LogP contribution in [-0.2, 0) is 4.79 Å². The largest absolute Gasteiger partial charge is 0.505 e. The summed E-state index contributed by atoms with van der Waals surface area (Å²) >= 11 is 6.07. The van der Waals surface area contributed by atoms with Crippen LogP contribution >= 0.6 is 11.6 Å². The monoisotopic (exact) mass is 374 g/mol. The van der Waals surface area contributed by atoms with Crippen LogP contribution in [0.1, 0.15) is 10.5 Å². The molecule has 0 aliphatic carbocycles. The van der Waals surface area contributed by atoms with Gasteiger partial charge in [0.1, 0.15) is 17.8 Å². The normalized spacial score (nSPS) is 10.5. The molecule has 3 aromatic heterocycles. The fourth-order valence-electron chi connectivity index (χ4n) is 2.10. The molecule has 0 spiro atoms. The van der Waals surface area contributed by atoms with E-state index >= 15 is 0 Å². The van der Waals surface area contributed by atoms with Crippen LogP contribution < -0.4 is 10.1 Å². The first-order valence-corrected chi connectivity index (χ1v) is 7.60. The maximum absolute atomic E-state index is 12.0. The first kappa shape index (κ1) is 17.4. The van der Waals surface area contributed by atoms with Gasteiger partial charge in [0.05, 0.1) is 6.20 Å². The molecular formula is C16H11ClN4O5. The summed E-state index contributed by atoms with van der Waals surface area (Å²) in [7, 11) is 0. The second-order valence-electron chi connectivity index (χ2n) is 5.01. The van der Waals surface area contributed by atoms with E-state index in [2.05, 4.69) is 20.3 Å². The minimum absolute atomic E-state index is 0.125. The summed E-state index contributed by atoms with van der Waals surface area (Å²) in [5.74, 6) is -1.92. The highest BCUT2D eigenvalue weighted by atomic mass is 35.5. The maximum atomic E-state index is 12.0. The third-order valence-electron chi connectivity index (χ3n) is 3.23. The predicted molar refractivity (Wildman–Crippen MR) is 90.5 cm³/mol. The Balaban J connectivity index is 1.96. The fraction of sp³-hybridized carbons (Fsp3) is 0.0625. The van der Waals surface area contributed by atoms with Crippen LogP contribution in [0.3, 0.4) is 0 Å². The van der Waals surface area contributed by atoms with Crippen molar-refractivity contribution in [3.05, 3.63) is 47.5 Å². The van der Waals surface area contributed by atoms with Gasteiger partial charge < -0.3 is 20.3 Å². The number of aliphatic carboxylic acids is 1. The Bertz CT molecular complexity index is 997. The number of pyridine rings is 3. The Labute approximate surface area is 151 Å². The number of nitrogens with zero attached hydrogens (tertiary/aromatic N) is 3. The smallest absolute Gasteiger partial charge is 0.322 e. The number of hydrogen-bond donors (Lipinski definition) is 3. The molecule has 0 unspecified atom stereocenters. The van der Waals surface area contributed by atoms with Crippen molar-refractivity contribution in [1.29, 1.82) is 0 Å². The van der Waals surface area contributed by atoms with Crippen LogP contribution in [-0.4, -0.2) is 43.6 Å². The average Bonchev–Trinajstić information content (AvgIpc) is 2.63. The lowest BCUT2D eigenvalue weighted by Crippen LogP contribution is -2.30. The van der Waals surface area contributed by atoms with Crippen molar-refractivity contribution in [1.82, 2.24) is 20.3 Å². The average molecular weight is 375 g/mol. The zero-order chi connectivity index (χ0) is 18.7. The third-order valence-corrected chi connectivity index (χ3v) is 3.49. The number of hydrogen-bond acceptors (Lipinski definition) is 7. The van der Waals surface area contributed by atoms with Gasteiger partial charge in [0, 0.05) is 17.6 Å². The number of amides is 1. The number of nitrogens with one attached hydrogen (secondary N) is 1. The molecule has 0 aliphatic rings. The number of halogens is 1. The van der Waals surface area contributed by atoms with Gasteiger partial charge >= 0.3 is 5.97 Å². The Morgan fingerprint density at radius 3 is 2.73 bits per heavy atom. The Morgan fingerprint density at radius 1 is 1.23 bits per heavy atom. The Morgan fingerprint density at radius 2 is 2.04 bits per heavy atom. The number of rotatable bonds is 5. The molecule has 1 amide bonds. The highest BCUT2D eigenvalue weighted by Crippen LogP contribution is 2.33. The summed E-state index contributed by atoms with van der Waals surface area (Å²) in [6.45, 7) is -0.619. The van der Waals surface area contributed by atoms with Crippen molar-refractivity contribution in [2.45, 2.75) is 0 Å². The molecule has 3 heterocycles. The van der Waals surface area contributed by atoms with Gasteiger partial charge in [-0.15, -0.1) is 0 Å². The first-order valence-electron chi connectivity index (χ1n) is 7.23. The Kier molecular flexibility index (Phi) is 4.81. The number of carbonyl (C=O) groups excluding carboxylic acids is 1. The predicted octanol–water partition coefficient (Wildman–Crippen LogP) is 1.99. The van der Waals surface area contributed by atoms with E-state index in [1.165, 1.54) is 18.3 Å². The van der Waals surface area contributed by atoms with Gasteiger partial charge in [-0.1, -0.05) is 11.6 Å². The number of carboxylic acid groups (broad SMARTS) is 1. The van der Waals surface area contributed by atoms with Crippen molar-refractivity contribution in [2.75, 3.05) is 6.54 Å². The van der Waals surface area contributed by atoms with E-state index in [-0.39, 0.29) is 21.9 Å². The molecule has 26 heavy (non-hydrogen) atoms. The molecule has 0 radical (unpaired) electrons. The zero-order valence-corrected chi connectivity index (χ0v) is 13.8. The van der Waals surface area contributed by atoms with Gasteiger partial charge in [-0.2, -0.15) is 0 Å². The molecule has 9 nitrogen and oxygen atoms in total. The molecule has 3 aromatic rings.